The molecule has 98 valence electrons. The number of pyridine rings is 1. The minimum absolute atomic E-state index is 0.560. The van der Waals surface area contributed by atoms with Gasteiger partial charge in [0.25, 0.3) is 0 Å². The van der Waals surface area contributed by atoms with Crippen LogP contribution in [0.5, 0.6) is 11.6 Å². The fourth-order valence-electron chi connectivity index (χ4n) is 2.36. The largest absolute Gasteiger partial charge is 0.438 e. The molecule has 0 saturated heterocycles. The number of nitrogens with zero attached hydrogens (tertiary/aromatic N) is 1. The van der Waals surface area contributed by atoms with Gasteiger partial charge >= 0.3 is 0 Å². The number of fused-ring (bicyclic) bond motifs is 1. The third kappa shape index (κ3) is 2.32. The van der Waals surface area contributed by atoms with Crippen molar-refractivity contribution in [2.75, 3.05) is 5.73 Å². The van der Waals surface area contributed by atoms with E-state index in [1.54, 1.807) is 6.20 Å². The Morgan fingerprint density at radius 2 is 2.05 bits per heavy atom. The Morgan fingerprint density at radius 3 is 2.89 bits per heavy atom. The van der Waals surface area contributed by atoms with E-state index in [4.69, 9.17) is 10.5 Å². The summed E-state index contributed by atoms with van der Waals surface area (Å²) in [6, 6.07) is 6.27. The van der Waals surface area contributed by atoms with E-state index < -0.39 is 0 Å². The van der Waals surface area contributed by atoms with E-state index in [2.05, 4.69) is 33.0 Å². The maximum atomic E-state index is 5.86. The molecular weight excluding hydrogens is 304 g/mol. The molecular formula is C15H15BrN2O. The van der Waals surface area contributed by atoms with Crippen LogP contribution < -0.4 is 10.5 Å². The molecule has 0 bridgehead atoms. The van der Waals surface area contributed by atoms with E-state index in [0.717, 1.165) is 22.2 Å². The van der Waals surface area contributed by atoms with Crippen molar-refractivity contribution < 1.29 is 4.74 Å². The summed E-state index contributed by atoms with van der Waals surface area (Å²) in [7, 11) is 0. The van der Waals surface area contributed by atoms with E-state index in [1.807, 2.05) is 13.0 Å². The predicted molar refractivity (Wildman–Crippen MR) is 79.6 cm³/mol. The minimum Gasteiger partial charge on any atom is -0.438 e. The van der Waals surface area contributed by atoms with E-state index in [1.165, 1.54) is 24.0 Å². The molecule has 1 aromatic heterocycles. The zero-order valence-corrected chi connectivity index (χ0v) is 12.3. The molecule has 1 aliphatic carbocycles. The molecule has 19 heavy (non-hydrogen) atoms. The van der Waals surface area contributed by atoms with Crippen molar-refractivity contribution >= 4 is 21.6 Å². The number of halogens is 1. The quantitative estimate of drug-likeness (QED) is 0.909. The lowest BCUT2D eigenvalue weighted by atomic mass is 10.1. The van der Waals surface area contributed by atoms with Gasteiger partial charge in [0.1, 0.15) is 5.75 Å². The van der Waals surface area contributed by atoms with Gasteiger partial charge in [-0.05, 0) is 70.9 Å². The minimum atomic E-state index is 0.560. The highest BCUT2D eigenvalue weighted by Crippen LogP contribution is 2.34. The highest BCUT2D eigenvalue weighted by Gasteiger charge is 2.13. The number of hydrogen-bond donors (Lipinski definition) is 1. The van der Waals surface area contributed by atoms with Crippen LogP contribution >= 0.6 is 15.9 Å². The number of aromatic nitrogens is 1. The van der Waals surface area contributed by atoms with Crippen LogP contribution in [0.3, 0.4) is 0 Å². The lowest BCUT2D eigenvalue weighted by Crippen LogP contribution is -1.96. The first-order chi connectivity index (χ1) is 9.15. The SMILES string of the molecule is Cc1c(N)cnc(Oc2ccc3c(c2)CCC3)c1Br. The molecule has 1 aliphatic rings. The number of rotatable bonds is 2. The van der Waals surface area contributed by atoms with Crippen LogP contribution in [0, 0.1) is 6.92 Å². The summed E-state index contributed by atoms with van der Waals surface area (Å²) in [6.07, 6.45) is 5.19. The molecule has 0 spiro atoms. The molecule has 0 aliphatic heterocycles. The third-order valence-electron chi connectivity index (χ3n) is 3.56. The van der Waals surface area contributed by atoms with Crippen LogP contribution in [0.4, 0.5) is 5.69 Å². The fraction of sp³-hybridized carbons (Fsp3) is 0.267. The Morgan fingerprint density at radius 1 is 1.26 bits per heavy atom. The number of anilines is 1. The lowest BCUT2D eigenvalue weighted by Gasteiger charge is -2.11. The van der Waals surface area contributed by atoms with E-state index in [-0.39, 0.29) is 0 Å². The fourth-order valence-corrected chi connectivity index (χ4v) is 2.78. The van der Waals surface area contributed by atoms with Crippen molar-refractivity contribution in [2.45, 2.75) is 26.2 Å². The van der Waals surface area contributed by atoms with Gasteiger partial charge in [0.2, 0.25) is 5.88 Å². The van der Waals surface area contributed by atoms with E-state index in [0.29, 0.717) is 11.6 Å². The van der Waals surface area contributed by atoms with Crippen LogP contribution in [0.1, 0.15) is 23.1 Å². The van der Waals surface area contributed by atoms with Gasteiger partial charge in [-0.25, -0.2) is 4.98 Å². The Labute approximate surface area is 120 Å². The summed E-state index contributed by atoms with van der Waals surface area (Å²) < 4.78 is 6.67. The molecule has 4 heteroatoms. The molecule has 1 heterocycles. The van der Waals surface area contributed by atoms with Crippen LogP contribution in [0.25, 0.3) is 0 Å². The number of nitrogens with two attached hydrogens (primary N) is 1. The van der Waals surface area contributed by atoms with Gasteiger partial charge in [0, 0.05) is 0 Å². The van der Waals surface area contributed by atoms with Gasteiger partial charge in [0.15, 0.2) is 0 Å². The molecule has 0 saturated carbocycles. The van der Waals surface area contributed by atoms with Crippen LogP contribution in [0.2, 0.25) is 0 Å². The van der Waals surface area contributed by atoms with Crippen LogP contribution in [0.15, 0.2) is 28.9 Å². The average molecular weight is 319 g/mol. The average Bonchev–Trinajstić information content (AvgIpc) is 2.87. The highest BCUT2D eigenvalue weighted by atomic mass is 79.9. The summed E-state index contributed by atoms with van der Waals surface area (Å²) in [4.78, 5) is 4.23. The van der Waals surface area contributed by atoms with Crippen molar-refractivity contribution in [1.29, 1.82) is 0 Å². The third-order valence-corrected chi connectivity index (χ3v) is 4.49. The topological polar surface area (TPSA) is 48.1 Å². The van der Waals surface area contributed by atoms with Gasteiger partial charge in [-0.3, -0.25) is 0 Å². The molecule has 2 aromatic rings. The first-order valence-corrected chi connectivity index (χ1v) is 7.14. The second-order valence-corrected chi connectivity index (χ2v) is 5.64. The summed E-state index contributed by atoms with van der Waals surface area (Å²) in [6.45, 7) is 1.94. The summed E-state index contributed by atoms with van der Waals surface area (Å²) in [5, 5.41) is 0. The Kier molecular flexibility index (Phi) is 3.19. The Hall–Kier alpha value is -1.55. The second kappa shape index (κ2) is 4.85. The summed E-state index contributed by atoms with van der Waals surface area (Å²) in [5.41, 5.74) is 10.2. The maximum Gasteiger partial charge on any atom is 0.233 e. The van der Waals surface area contributed by atoms with Gasteiger partial charge in [0.05, 0.1) is 16.4 Å². The maximum absolute atomic E-state index is 5.86. The molecule has 3 nitrogen and oxygen atoms in total. The van der Waals surface area contributed by atoms with E-state index >= 15 is 0 Å². The van der Waals surface area contributed by atoms with E-state index in [9.17, 15) is 0 Å². The normalized spacial score (nSPS) is 13.4. The second-order valence-electron chi connectivity index (χ2n) is 4.84. The number of ether oxygens (including phenoxy) is 1. The van der Waals surface area contributed by atoms with Crippen molar-refractivity contribution in [3.05, 3.63) is 45.6 Å². The number of nitrogen functional groups attached to an aromatic ring is 1. The standard InChI is InChI=1S/C15H15BrN2O/c1-9-13(17)8-18-15(14(9)16)19-12-6-5-10-3-2-4-11(10)7-12/h5-8H,2-4,17H2,1H3. The molecule has 0 atom stereocenters. The van der Waals surface area contributed by atoms with Crippen LogP contribution in [-0.2, 0) is 12.8 Å². The molecule has 3 rings (SSSR count). The molecule has 0 radical (unpaired) electrons. The van der Waals surface area contributed by atoms with Gasteiger partial charge in [-0.2, -0.15) is 0 Å². The van der Waals surface area contributed by atoms with Gasteiger partial charge < -0.3 is 10.5 Å². The van der Waals surface area contributed by atoms with Gasteiger partial charge in [-0.15, -0.1) is 0 Å². The monoisotopic (exact) mass is 318 g/mol. The summed E-state index contributed by atoms with van der Waals surface area (Å²) >= 11 is 3.48. The first-order valence-electron chi connectivity index (χ1n) is 6.35. The molecule has 1 aromatic carbocycles. The highest BCUT2D eigenvalue weighted by molar-refractivity contribution is 9.10. The zero-order valence-electron chi connectivity index (χ0n) is 10.7. The van der Waals surface area contributed by atoms with Crippen molar-refractivity contribution in [3.63, 3.8) is 0 Å². The molecule has 0 unspecified atom stereocenters. The zero-order chi connectivity index (χ0) is 13.4. The van der Waals surface area contributed by atoms with Crippen LogP contribution in [-0.4, -0.2) is 4.98 Å². The Balaban J connectivity index is 1.91. The Bertz CT molecular complexity index is 640. The molecule has 2 N–H and O–H groups in total. The number of hydrogen-bond acceptors (Lipinski definition) is 3. The molecule has 0 fully saturated rings. The predicted octanol–water partition coefficient (Wildman–Crippen LogP) is 4.02. The number of benzene rings is 1. The first kappa shape index (κ1) is 12.5. The summed E-state index contributed by atoms with van der Waals surface area (Å²) in [5.74, 6) is 1.39. The smallest absolute Gasteiger partial charge is 0.233 e. The van der Waals surface area contributed by atoms with Crippen molar-refractivity contribution in [3.8, 4) is 11.6 Å². The number of aryl methyl sites for hydroxylation is 2. The van der Waals surface area contributed by atoms with Crippen molar-refractivity contribution in [2.24, 2.45) is 0 Å². The molecule has 0 amide bonds. The van der Waals surface area contributed by atoms with Crippen molar-refractivity contribution in [1.82, 2.24) is 4.98 Å². The van der Waals surface area contributed by atoms with Gasteiger partial charge in [-0.1, -0.05) is 6.07 Å². The lowest BCUT2D eigenvalue weighted by molar-refractivity contribution is 0.459.